The second-order valence-electron chi connectivity index (χ2n) is 5.92. The summed E-state index contributed by atoms with van der Waals surface area (Å²) in [6, 6.07) is 15.5. The van der Waals surface area contributed by atoms with Crippen LogP contribution in [0.5, 0.6) is 5.75 Å². The fourth-order valence-electron chi connectivity index (χ4n) is 2.45. The number of hydrogen-bond acceptors (Lipinski definition) is 7. The zero-order valence-corrected chi connectivity index (χ0v) is 16.0. The summed E-state index contributed by atoms with van der Waals surface area (Å²) in [7, 11) is -2.58. The van der Waals surface area contributed by atoms with Gasteiger partial charge in [-0.2, -0.15) is 0 Å². The van der Waals surface area contributed by atoms with Crippen LogP contribution in [0.3, 0.4) is 0 Å². The van der Waals surface area contributed by atoms with Gasteiger partial charge in [0.05, 0.1) is 24.3 Å². The van der Waals surface area contributed by atoms with Crippen LogP contribution >= 0.6 is 0 Å². The quantitative estimate of drug-likeness (QED) is 0.536. The average molecular weight is 401 g/mol. The molecule has 146 valence electrons. The Hall–Kier alpha value is -3.13. The maximum atomic E-state index is 12.1. The maximum absolute atomic E-state index is 12.1. The number of nitrogens with zero attached hydrogens (tertiary/aromatic N) is 1. The van der Waals surface area contributed by atoms with E-state index in [1.165, 1.54) is 12.1 Å². The normalized spacial score (nSPS) is 11.2. The molecule has 0 radical (unpaired) electrons. The number of rotatable bonds is 8. The Labute approximate surface area is 162 Å². The van der Waals surface area contributed by atoms with Crippen molar-refractivity contribution < 1.29 is 27.1 Å². The van der Waals surface area contributed by atoms with Gasteiger partial charge in [-0.25, -0.2) is 13.4 Å². The monoisotopic (exact) mass is 401 g/mol. The highest BCUT2D eigenvalue weighted by atomic mass is 32.2. The van der Waals surface area contributed by atoms with E-state index in [0.29, 0.717) is 24.7 Å². The number of esters is 1. The SMILES string of the molecule is COC(=O)CS(=O)(=O)c1ccc(OCCc2coc(-c3ccccc3)n2)cc1. The predicted molar refractivity (Wildman–Crippen MR) is 102 cm³/mol. The lowest BCUT2D eigenvalue weighted by Gasteiger charge is -2.07. The molecule has 1 heterocycles. The molecule has 0 aliphatic heterocycles. The summed E-state index contributed by atoms with van der Waals surface area (Å²) < 4.78 is 39.6. The molecule has 28 heavy (non-hydrogen) atoms. The third-order valence-electron chi connectivity index (χ3n) is 3.92. The van der Waals surface area contributed by atoms with Gasteiger partial charge in [0.25, 0.3) is 0 Å². The molecule has 2 aromatic carbocycles. The summed E-state index contributed by atoms with van der Waals surface area (Å²) in [6.45, 7) is 0.356. The van der Waals surface area contributed by atoms with Gasteiger partial charge in [-0.3, -0.25) is 4.79 Å². The van der Waals surface area contributed by atoms with Crippen LogP contribution in [-0.4, -0.2) is 38.8 Å². The summed E-state index contributed by atoms with van der Waals surface area (Å²) in [4.78, 5) is 15.7. The van der Waals surface area contributed by atoms with E-state index >= 15 is 0 Å². The van der Waals surface area contributed by atoms with Gasteiger partial charge in [0.1, 0.15) is 12.0 Å². The molecule has 7 nitrogen and oxygen atoms in total. The van der Waals surface area contributed by atoms with E-state index in [1.54, 1.807) is 18.4 Å². The Balaban J connectivity index is 1.54. The third kappa shape index (κ3) is 4.98. The lowest BCUT2D eigenvalue weighted by atomic mass is 10.2. The Morgan fingerprint density at radius 2 is 1.79 bits per heavy atom. The highest BCUT2D eigenvalue weighted by Crippen LogP contribution is 2.19. The number of benzene rings is 2. The predicted octanol–water partition coefficient (Wildman–Crippen LogP) is 2.91. The van der Waals surface area contributed by atoms with Gasteiger partial charge in [0.15, 0.2) is 15.6 Å². The molecular formula is C20H19NO6S. The van der Waals surface area contributed by atoms with E-state index in [9.17, 15) is 13.2 Å². The van der Waals surface area contributed by atoms with Gasteiger partial charge in [-0.1, -0.05) is 18.2 Å². The van der Waals surface area contributed by atoms with Crippen LogP contribution in [0.25, 0.3) is 11.5 Å². The minimum atomic E-state index is -3.73. The Morgan fingerprint density at radius 3 is 2.46 bits per heavy atom. The molecule has 0 atom stereocenters. The molecule has 0 unspecified atom stereocenters. The fourth-order valence-corrected chi connectivity index (χ4v) is 3.59. The molecule has 3 aromatic rings. The second-order valence-corrected chi connectivity index (χ2v) is 7.90. The number of methoxy groups -OCH3 is 1. The molecule has 1 aromatic heterocycles. The van der Waals surface area contributed by atoms with Crippen molar-refractivity contribution in [2.45, 2.75) is 11.3 Å². The van der Waals surface area contributed by atoms with Crippen LogP contribution in [0.2, 0.25) is 0 Å². The van der Waals surface area contributed by atoms with Gasteiger partial charge in [-0.05, 0) is 36.4 Å². The highest BCUT2D eigenvalue weighted by Gasteiger charge is 2.19. The molecule has 0 spiro atoms. The van der Waals surface area contributed by atoms with Crippen molar-refractivity contribution in [2.75, 3.05) is 19.5 Å². The van der Waals surface area contributed by atoms with Crippen molar-refractivity contribution in [3.8, 4) is 17.2 Å². The Kier molecular flexibility index (Phi) is 6.10. The van der Waals surface area contributed by atoms with E-state index < -0.39 is 21.6 Å². The largest absolute Gasteiger partial charge is 0.493 e. The fraction of sp³-hybridized carbons (Fsp3) is 0.200. The van der Waals surface area contributed by atoms with Crippen LogP contribution in [0.1, 0.15) is 5.69 Å². The first kappa shape index (κ1) is 19.6. The Bertz CT molecular complexity index is 1030. The van der Waals surface area contributed by atoms with E-state index in [0.717, 1.165) is 18.4 Å². The maximum Gasteiger partial charge on any atom is 0.321 e. The highest BCUT2D eigenvalue weighted by molar-refractivity contribution is 7.92. The minimum Gasteiger partial charge on any atom is -0.493 e. The average Bonchev–Trinajstić information content (AvgIpc) is 3.17. The van der Waals surface area contributed by atoms with Crippen molar-refractivity contribution in [1.82, 2.24) is 4.98 Å². The van der Waals surface area contributed by atoms with E-state index in [2.05, 4.69) is 9.72 Å². The summed E-state index contributed by atoms with van der Waals surface area (Å²) in [5, 5.41) is 0. The lowest BCUT2D eigenvalue weighted by molar-refractivity contribution is -0.137. The molecule has 0 saturated heterocycles. The molecular weight excluding hydrogens is 382 g/mol. The molecule has 3 rings (SSSR count). The van der Waals surface area contributed by atoms with Crippen molar-refractivity contribution in [3.05, 3.63) is 66.6 Å². The lowest BCUT2D eigenvalue weighted by Crippen LogP contribution is -2.17. The number of ether oxygens (including phenoxy) is 2. The molecule has 0 bridgehead atoms. The third-order valence-corrected chi connectivity index (χ3v) is 5.52. The number of carbonyl (C=O) groups excluding carboxylic acids is 1. The first-order valence-electron chi connectivity index (χ1n) is 8.50. The minimum absolute atomic E-state index is 0.0363. The molecule has 0 aliphatic rings. The van der Waals surface area contributed by atoms with Crippen LogP contribution in [0, 0.1) is 0 Å². The van der Waals surface area contributed by atoms with Crippen LogP contribution < -0.4 is 4.74 Å². The van der Waals surface area contributed by atoms with Gasteiger partial charge in [0.2, 0.25) is 5.89 Å². The van der Waals surface area contributed by atoms with Crippen molar-refractivity contribution in [2.24, 2.45) is 0 Å². The van der Waals surface area contributed by atoms with Crippen molar-refractivity contribution in [3.63, 3.8) is 0 Å². The first-order valence-corrected chi connectivity index (χ1v) is 10.2. The summed E-state index contributed by atoms with van der Waals surface area (Å²) in [5.41, 5.74) is 1.66. The molecule has 0 N–H and O–H groups in total. The first-order chi connectivity index (χ1) is 13.5. The van der Waals surface area contributed by atoms with E-state index in [4.69, 9.17) is 9.15 Å². The van der Waals surface area contributed by atoms with Crippen LogP contribution in [0.4, 0.5) is 0 Å². The molecule has 0 amide bonds. The molecule has 8 heteroatoms. The molecule has 0 fully saturated rings. The van der Waals surface area contributed by atoms with Gasteiger partial charge in [0, 0.05) is 12.0 Å². The summed E-state index contributed by atoms with van der Waals surface area (Å²) >= 11 is 0. The smallest absolute Gasteiger partial charge is 0.321 e. The van der Waals surface area contributed by atoms with Crippen LogP contribution in [-0.2, 0) is 25.8 Å². The Morgan fingerprint density at radius 1 is 1.07 bits per heavy atom. The number of sulfone groups is 1. The number of oxazole rings is 1. The molecule has 0 saturated carbocycles. The van der Waals surface area contributed by atoms with Crippen LogP contribution in [0.15, 0.2) is 70.2 Å². The zero-order valence-electron chi connectivity index (χ0n) is 15.2. The summed E-state index contributed by atoms with van der Waals surface area (Å²) in [5.74, 6) is -0.429. The summed E-state index contributed by atoms with van der Waals surface area (Å²) in [6.07, 6.45) is 2.13. The van der Waals surface area contributed by atoms with E-state index in [1.807, 2.05) is 30.3 Å². The van der Waals surface area contributed by atoms with Gasteiger partial charge >= 0.3 is 5.97 Å². The molecule has 0 aliphatic carbocycles. The topological polar surface area (TPSA) is 95.7 Å². The van der Waals surface area contributed by atoms with Crippen molar-refractivity contribution >= 4 is 15.8 Å². The van der Waals surface area contributed by atoms with Gasteiger partial charge in [-0.15, -0.1) is 0 Å². The van der Waals surface area contributed by atoms with Crippen molar-refractivity contribution in [1.29, 1.82) is 0 Å². The number of aromatic nitrogens is 1. The van der Waals surface area contributed by atoms with E-state index in [-0.39, 0.29) is 4.90 Å². The standard InChI is InChI=1S/C20H19NO6S/c1-25-19(22)14-28(23,24)18-9-7-17(8-10-18)26-12-11-16-13-27-20(21-16)15-5-3-2-4-6-15/h2-10,13H,11-12,14H2,1H3. The number of hydrogen-bond donors (Lipinski definition) is 0. The number of carbonyl (C=O) groups is 1. The second kappa shape index (κ2) is 8.71. The zero-order chi connectivity index (χ0) is 20.0. The van der Waals surface area contributed by atoms with Gasteiger partial charge < -0.3 is 13.9 Å².